The second-order valence-corrected chi connectivity index (χ2v) is 7.16. The first-order chi connectivity index (χ1) is 16.1. The van der Waals surface area contributed by atoms with Gasteiger partial charge in [-0.15, -0.1) is 0 Å². The number of carbonyl (C=O) groups excluding carboxylic acids is 2. The van der Waals surface area contributed by atoms with E-state index in [0.717, 1.165) is 0 Å². The van der Waals surface area contributed by atoms with Gasteiger partial charge in [-0.25, -0.2) is 9.69 Å². The van der Waals surface area contributed by atoms with Crippen LogP contribution in [-0.4, -0.2) is 17.0 Å². The standard InChI is InChI=1S/C28H21NO4/c30-26-17-8-7-16-25(26)27(31)19-18-21-10-9-15-24(20-21)33-28(32)29(22-11-3-1-4-12-22)23-13-5-2-6-14-23/h1-20,30H/b19-18+. The Hall–Kier alpha value is -4.64. The van der Waals surface area contributed by atoms with Crippen LogP contribution in [0.4, 0.5) is 16.2 Å². The number of ether oxygens (including phenoxy) is 1. The Balaban J connectivity index is 1.54. The van der Waals surface area contributed by atoms with Crippen LogP contribution in [0.5, 0.6) is 11.5 Å². The number of allylic oxidation sites excluding steroid dienone is 1. The number of hydrogen-bond donors (Lipinski definition) is 1. The maximum absolute atomic E-state index is 13.1. The van der Waals surface area contributed by atoms with E-state index in [0.29, 0.717) is 22.7 Å². The van der Waals surface area contributed by atoms with Gasteiger partial charge < -0.3 is 9.84 Å². The monoisotopic (exact) mass is 435 g/mol. The molecule has 33 heavy (non-hydrogen) atoms. The molecule has 1 N–H and O–H groups in total. The molecule has 0 aliphatic heterocycles. The highest BCUT2D eigenvalue weighted by molar-refractivity contribution is 6.08. The molecule has 0 heterocycles. The molecule has 0 unspecified atom stereocenters. The van der Waals surface area contributed by atoms with Gasteiger partial charge in [0, 0.05) is 0 Å². The number of rotatable bonds is 6. The third-order valence-electron chi connectivity index (χ3n) is 4.87. The van der Waals surface area contributed by atoms with Crippen LogP contribution in [0.25, 0.3) is 6.08 Å². The van der Waals surface area contributed by atoms with Gasteiger partial charge in [0.15, 0.2) is 5.78 Å². The maximum atomic E-state index is 13.1. The number of ketones is 1. The molecular weight excluding hydrogens is 414 g/mol. The summed E-state index contributed by atoms with van der Waals surface area (Å²) in [6, 6.07) is 31.7. The molecule has 1 amide bonds. The number of para-hydroxylation sites is 3. The molecule has 4 aromatic carbocycles. The SMILES string of the molecule is O=C(/C=C/c1cccc(OC(=O)N(c2ccccc2)c2ccccc2)c1)c1ccccc1O. The molecule has 0 aliphatic carbocycles. The lowest BCUT2D eigenvalue weighted by Gasteiger charge is -2.22. The summed E-state index contributed by atoms with van der Waals surface area (Å²) in [7, 11) is 0. The first-order valence-electron chi connectivity index (χ1n) is 10.3. The minimum atomic E-state index is -0.557. The van der Waals surface area contributed by atoms with Gasteiger partial charge in [-0.1, -0.05) is 66.7 Å². The van der Waals surface area contributed by atoms with E-state index in [-0.39, 0.29) is 17.1 Å². The smallest absolute Gasteiger partial charge is 0.424 e. The highest BCUT2D eigenvalue weighted by Gasteiger charge is 2.20. The zero-order valence-corrected chi connectivity index (χ0v) is 17.7. The van der Waals surface area contributed by atoms with E-state index < -0.39 is 6.09 Å². The highest BCUT2D eigenvalue weighted by atomic mass is 16.6. The number of nitrogens with zero attached hydrogens (tertiary/aromatic N) is 1. The van der Waals surface area contributed by atoms with E-state index in [9.17, 15) is 14.7 Å². The number of benzene rings is 4. The molecule has 0 radical (unpaired) electrons. The van der Waals surface area contributed by atoms with Gasteiger partial charge in [0.1, 0.15) is 11.5 Å². The molecule has 0 atom stereocenters. The summed E-state index contributed by atoms with van der Waals surface area (Å²) in [4.78, 5) is 27.0. The normalized spacial score (nSPS) is 10.7. The van der Waals surface area contributed by atoms with Crippen molar-refractivity contribution in [3.05, 3.63) is 126 Å². The number of amides is 1. The third-order valence-corrected chi connectivity index (χ3v) is 4.87. The van der Waals surface area contributed by atoms with Gasteiger partial charge in [-0.2, -0.15) is 0 Å². The molecule has 5 nitrogen and oxygen atoms in total. The molecule has 0 saturated heterocycles. The van der Waals surface area contributed by atoms with E-state index >= 15 is 0 Å². The van der Waals surface area contributed by atoms with Crippen molar-refractivity contribution < 1.29 is 19.4 Å². The van der Waals surface area contributed by atoms with Crippen molar-refractivity contribution in [1.82, 2.24) is 0 Å². The van der Waals surface area contributed by atoms with Crippen molar-refractivity contribution in [3.63, 3.8) is 0 Å². The van der Waals surface area contributed by atoms with Gasteiger partial charge in [-0.05, 0) is 60.2 Å². The Morgan fingerprint density at radius 2 is 1.33 bits per heavy atom. The summed E-state index contributed by atoms with van der Waals surface area (Å²) in [5, 5.41) is 9.84. The Morgan fingerprint density at radius 3 is 1.97 bits per heavy atom. The molecule has 0 saturated carbocycles. The van der Waals surface area contributed by atoms with Gasteiger partial charge in [0.2, 0.25) is 0 Å². The summed E-state index contributed by atoms with van der Waals surface area (Å²) in [6.45, 7) is 0. The fourth-order valence-corrected chi connectivity index (χ4v) is 3.29. The fraction of sp³-hybridized carbons (Fsp3) is 0. The largest absolute Gasteiger partial charge is 0.507 e. The molecule has 0 spiro atoms. The Morgan fingerprint density at radius 1 is 0.727 bits per heavy atom. The van der Waals surface area contributed by atoms with Crippen molar-refractivity contribution in [3.8, 4) is 11.5 Å². The van der Waals surface area contributed by atoms with E-state index in [4.69, 9.17) is 4.74 Å². The van der Waals surface area contributed by atoms with Crippen molar-refractivity contribution in [2.24, 2.45) is 0 Å². The van der Waals surface area contributed by atoms with Crippen LogP contribution in [0.3, 0.4) is 0 Å². The van der Waals surface area contributed by atoms with E-state index in [1.165, 1.54) is 17.0 Å². The van der Waals surface area contributed by atoms with Gasteiger partial charge in [0.25, 0.3) is 0 Å². The molecule has 0 fully saturated rings. The van der Waals surface area contributed by atoms with E-state index in [1.54, 1.807) is 48.5 Å². The van der Waals surface area contributed by atoms with Gasteiger partial charge in [0.05, 0.1) is 16.9 Å². The maximum Gasteiger partial charge on any atom is 0.424 e. The van der Waals surface area contributed by atoms with Crippen LogP contribution in [-0.2, 0) is 0 Å². The van der Waals surface area contributed by atoms with Crippen LogP contribution < -0.4 is 9.64 Å². The number of phenols is 1. The summed E-state index contributed by atoms with van der Waals surface area (Å²) >= 11 is 0. The minimum Gasteiger partial charge on any atom is -0.507 e. The lowest BCUT2D eigenvalue weighted by Crippen LogP contribution is -2.29. The first-order valence-corrected chi connectivity index (χ1v) is 10.3. The third kappa shape index (κ3) is 5.35. The van der Waals surface area contributed by atoms with Crippen molar-refractivity contribution in [2.45, 2.75) is 0 Å². The highest BCUT2D eigenvalue weighted by Crippen LogP contribution is 2.27. The van der Waals surface area contributed by atoms with Crippen LogP contribution in [0.15, 0.2) is 115 Å². The molecule has 0 bridgehead atoms. The second kappa shape index (κ2) is 10.1. The summed E-state index contributed by atoms with van der Waals surface area (Å²) in [6.07, 6.45) is 2.42. The van der Waals surface area contributed by atoms with Crippen LogP contribution in [0.1, 0.15) is 15.9 Å². The molecule has 5 heteroatoms. The quantitative estimate of drug-likeness (QED) is 0.273. The molecule has 4 rings (SSSR count). The second-order valence-electron chi connectivity index (χ2n) is 7.16. The number of anilines is 2. The topological polar surface area (TPSA) is 66.8 Å². The summed E-state index contributed by atoms with van der Waals surface area (Å²) < 4.78 is 5.66. The molecule has 4 aromatic rings. The number of phenolic OH excluding ortho intramolecular Hbond substituents is 1. The van der Waals surface area contributed by atoms with Crippen LogP contribution in [0.2, 0.25) is 0 Å². The lowest BCUT2D eigenvalue weighted by molar-refractivity contribution is 0.104. The average molecular weight is 435 g/mol. The van der Waals surface area contributed by atoms with Gasteiger partial charge >= 0.3 is 6.09 Å². The van der Waals surface area contributed by atoms with Crippen molar-refractivity contribution in [1.29, 1.82) is 0 Å². The Bertz CT molecular complexity index is 1240. The van der Waals surface area contributed by atoms with E-state index in [2.05, 4.69) is 0 Å². The van der Waals surface area contributed by atoms with Crippen LogP contribution in [0, 0.1) is 0 Å². The van der Waals surface area contributed by atoms with E-state index in [1.807, 2.05) is 60.7 Å². The van der Waals surface area contributed by atoms with Crippen molar-refractivity contribution in [2.75, 3.05) is 4.90 Å². The number of hydrogen-bond acceptors (Lipinski definition) is 4. The minimum absolute atomic E-state index is 0.0725. The molecular formula is C28H21NO4. The predicted octanol–water partition coefficient (Wildman–Crippen LogP) is 6.63. The average Bonchev–Trinajstić information content (AvgIpc) is 2.84. The fourth-order valence-electron chi connectivity index (χ4n) is 3.29. The lowest BCUT2D eigenvalue weighted by atomic mass is 10.1. The Labute approximate surface area is 191 Å². The van der Waals surface area contributed by atoms with Gasteiger partial charge in [-0.3, -0.25) is 4.79 Å². The summed E-state index contributed by atoms with van der Waals surface area (Å²) in [5.41, 5.74) is 2.25. The van der Waals surface area contributed by atoms with Crippen LogP contribution >= 0.6 is 0 Å². The zero-order chi connectivity index (χ0) is 23.0. The van der Waals surface area contributed by atoms with Crippen molar-refractivity contribution >= 4 is 29.3 Å². The summed E-state index contributed by atoms with van der Waals surface area (Å²) in [5.74, 6) is -0.0550. The first kappa shape index (κ1) is 21.6. The zero-order valence-electron chi connectivity index (χ0n) is 17.7. The molecule has 0 aromatic heterocycles. The molecule has 162 valence electrons. The predicted molar refractivity (Wildman–Crippen MR) is 129 cm³/mol. The number of carbonyl (C=O) groups is 2. The molecule has 0 aliphatic rings. The Kier molecular flexibility index (Phi) is 6.61. The number of aromatic hydroxyl groups is 1.